The fraction of sp³-hybridized carbons (Fsp3) is 0.879. The van der Waals surface area contributed by atoms with Crippen molar-refractivity contribution in [2.24, 2.45) is 47.0 Å². The summed E-state index contributed by atoms with van der Waals surface area (Å²) >= 11 is 0. The minimum absolute atomic E-state index is 0.102. The summed E-state index contributed by atoms with van der Waals surface area (Å²) in [5.41, 5.74) is 12.3. The molecule has 2 fully saturated rings. The van der Waals surface area contributed by atoms with Crippen molar-refractivity contribution in [1.82, 2.24) is 10.6 Å². The predicted molar refractivity (Wildman–Crippen MR) is 172 cm³/mol. The van der Waals surface area contributed by atoms with Gasteiger partial charge in [-0.05, 0) is 87.9 Å². The van der Waals surface area contributed by atoms with Crippen LogP contribution in [-0.4, -0.2) is 80.1 Å². The lowest BCUT2D eigenvalue weighted by Gasteiger charge is -2.54. The van der Waals surface area contributed by atoms with Gasteiger partial charge in [0.2, 0.25) is 0 Å². The Kier molecular flexibility index (Phi) is 15.2. The maximum Gasteiger partial charge on any atom is 0.308 e. The second-order valence-electron chi connectivity index (χ2n) is 14.6. The van der Waals surface area contributed by atoms with Crippen LogP contribution in [0.25, 0.3) is 0 Å². The number of carboxylic acids is 4. The lowest BCUT2D eigenvalue weighted by Crippen LogP contribution is -2.65. The molecule has 0 aliphatic heterocycles. The summed E-state index contributed by atoms with van der Waals surface area (Å²) in [6.07, 6.45) is 6.21. The maximum absolute atomic E-state index is 12.9. The number of aliphatic carboxylic acids is 4. The zero-order valence-corrected chi connectivity index (χ0v) is 27.9. The molecule has 0 aromatic heterocycles. The van der Waals surface area contributed by atoms with Gasteiger partial charge in [0.05, 0.1) is 24.7 Å². The van der Waals surface area contributed by atoms with Crippen molar-refractivity contribution in [3.8, 4) is 0 Å². The first-order valence-electron chi connectivity index (χ1n) is 16.9. The molecule has 0 aromatic carbocycles. The van der Waals surface area contributed by atoms with Gasteiger partial charge in [0, 0.05) is 35.7 Å². The van der Waals surface area contributed by atoms with Crippen molar-refractivity contribution in [2.75, 3.05) is 0 Å². The lowest BCUT2D eigenvalue weighted by atomic mass is 9.54. The Bertz CT molecular complexity index is 948. The molecule has 0 heterocycles. The van der Waals surface area contributed by atoms with Gasteiger partial charge in [-0.25, -0.2) is 0 Å². The van der Waals surface area contributed by atoms with Gasteiger partial charge in [-0.15, -0.1) is 0 Å². The van der Waals surface area contributed by atoms with Crippen LogP contribution in [-0.2, 0) is 19.2 Å². The first kappa shape index (κ1) is 38.9. The Hall–Kier alpha value is -2.28. The van der Waals surface area contributed by atoms with Crippen molar-refractivity contribution < 1.29 is 39.6 Å². The highest BCUT2D eigenvalue weighted by Gasteiger charge is 2.55. The lowest BCUT2D eigenvalue weighted by molar-refractivity contribution is -0.155. The highest BCUT2D eigenvalue weighted by atomic mass is 16.4. The standard InChI is InChI=1S/C33H60N4O8/c1-18(2)36-23-11-7-21(8-12-23)30(22-9-13-24(14-10-22)37-19(3)4)33(35,26(32(44)45)17-29(40)41)20(5)6-15-27(34)25(31(42)43)16-28(38)39/h18-27,30,36-37H,6-17,34-35H2,1-5H3,(H,38,39)(H,40,41)(H,42,43)(H,44,45). The van der Waals surface area contributed by atoms with E-state index in [4.69, 9.17) is 11.5 Å². The summed E-state index contributed by atoms with van der Waals surface area (Å²) in [7, 11) is 0. The first-order chi connectivity index (χ1) is 21.0. The number of hydrogen-bond donors (Lipinski definition) is 8. The van der Waals surface area contributed by atoms with Gasteiger partial charge in [0.1, 0.15) is 0 Å². The van der Waals surface area contributed by atoms with E-state index in [1.165, 1.54) is 0 Å². The Labute approximate surface area is 268 Å². The third-order valence-electron chi connectivity index (χ3n) is 10.6. The van der Waals surface area contributed by atoms with E-state index in [1.54, 1.807) is 0 Å². The largest absolute Gasteiger partial charge is 0.481 e. The normalized spacial score (nSPS) is 27.2. The van der Waals surface area contributed by atoms with E-state index in [0.29, 0.717) is 24.2 Å². The molecule has 2 aliphatic rings. The summed E-state index contributed by atoms with van der Waals surface area (Å²) in [6, 6.07) is 0.402. The van der Waals surface area contributed by atoms with Gasteiger partial charge in [-0.3, -0.25) is 19.2 Å². The van der Waals surface area contributed by atoms with Crippen molar-refractivity contribution in [3.63, 3.8) is 0 Å². The fourth-order valence-corrected chi connectivity index (χ4v) is 8.49. The van der Waals surface area contributed by atoms with E-state index in [2.05, 4.69) is 38.3 Å². The van der Waals surface area contributed by atoms with Crippen LogP contribution in [0.3, 0.4) is 0 Å². The zero-order valence-electron chi connectivity index (χ0n) is 27.9. The van der Waals surface area contributed by atoms with Crippen LogP contribution in [0, 0.1) is 35.5 Å². The van der Waals surface area contributed by atoms with Gasteiger partial charge in [0.25, 0.3) is 0 Å². The molecule has 12 nitrogen and oxygen atoms in total. The second-order valence-corrected chi connectivity index (χ2v) is 14.6. The number of nitrogens with two attached hydrogens (primary N) is 2. The summed E-state index contributed by atoms with van der Waals surface area (Å²) in [5.74, 6) is -8.31. The van der Waals surface area contributed by atoms with E-state index in [0.717, 1.165) is 51.4 Å². The highest BCUT2D eigenvalue weighted by molar-refractivity contribution is 5.79. The summed E-state index contributed by atoms with van der Waals surface area (Å²) in [5, 5.41) is 46.5. The van der Waals surface area contributed by atoms with Gasteiger partial charge in [-0.2, -0.15) is 0 Å². The number of nitrogens with one attached hydrogen (secondary N) is 2. The molecule has 0 bridgehead atoms. The van der Waals surface area contributed by atoms with Gasteiger partial charge in [-0.1, -0.05) is 34.6 Å². The molecule has 0 spiro atoms. The van der Waals surface area contributed by atoms with Crippen LogP contribution in [0.4, 0.5) is 0 Å². The van der Waals surface area contributed by atoms with Gasteiger partial charge >= 0.3 is 23.9 Å². The third-order valence-corrected chi connectivity index (χ3v) is 10.6. The number of carboxylic acid groups (broad SMARTS) is 4. The topological polar surface area (TPSA) is 225 Å². The predicted octanol–water partition coefficient (Wildman–Crippen LogP) is 3.51. The number of carbonyl (C=O) groups is 4. The molecule has 260 valence electrons. The monoisotopic (exact) mass is 640 g/mol. The third kappa shape index (κ3) is 11.2. The van der Waals surface area contributed by atoms with Crippen LogP contribution in [0.2, 0.25) is 0 Å². The van der Waals surface area contributed by atoms with E-state index >= 15 is 0 Å². The molecule has 0 saturated heterocycles. The Morgan fingerprint density at radius 1 is 0.689 bits per heavy atom. The summed E-state index contributed by atoms with van der Waals surface area (Å²) in [4.78, 5) is 48.2. The summed E-state index contributed by atoms with van der Waals surface area (Å²) in [6.45, 7) is 10.3. The van der Waals surface area contributed by atoms with Gasteiger partial charge < -0.3 is 42.5 Å². The second kappa shape index (κ2) is 17.6. The zero-order chi connectivity index (χ0) is 34.1. The van der Waals surface area contributed by atoms with Crippen LogP contribution < -0.4 is 22.1 Å². The molecule has 12 heteroatoms. The van der Waals surface area contributed by atoms with E-state index in [1.807, 2.05) is 6.92 Å². The molecule has 0 aromatic rings. The van der Waals surface area contributed by atoms with Crippen LogP contribution in [0.5, 0.6) is 0 Å². The SMILES string of the molecule is CC(C)NC1CCC(C(C2CCC(NC(C)C)CC2)C(N)(C(C)CCC(N)C(CC(=O)O)C(=O)O)C(CC(=O)O)C(=O)O)CC1. The average molecular weight is 641 g/mol. The number of rotatable bonds is 19. The molecular formula is C33H60N4O8. The minimum Gasteiger partial charge on any atom is -0.481 e. The molecular weight excluding hydrogens is 580 g/mol. The molecule has 5 atom stereocenters. The molecule has 2 aliphatic carbocycles. The molecule has 5 unspecified atom stereocenters. The number of hydrogen-bond acceptors (Lipinski definition) is 8. The fourth-order valence-electron chi connectivity index (χ4n) is 8.49. The smallest absolute Gasteiger partial charge is 0.308 e. The molecule has 10 N–H and O–H groups in total. The minimum atomic E-state index is -1.42. The highest BCUT2D eigenvalue weighted by Crippen LogP contribution is 2.51. The first-order valence-corrected chi connectivity index (χ1v) is 16.9. The van der Waals surface area contributed by atoms with Gasteiger partial charge in [0.15, 0.2) is 0 Å². The van der Waals surface area contributed by atoms with Crippen molar-refractivity contribution in [1.29, 1.82) is 0 Å². The summed E-state index contributed by atoms with van der Waals surface area (Å²) < 4.78 is 0. The van der Waals surface area contributed by atoms with Crippen molar-refractivity contribution >= 4 is 23.9 Å². The molecule has 2 saturated carbocycles. The quantitative estimate of drug-likeness (QED) is 0.102. The Balaban J connectivity index is 2.52. The molecule has 0 amide bonds. The maximum atomic E-state index is 12.9. The van der Waals surface area contributed by atoms with E-state index in [9.17, 15) is 39.6 Å². The van der Waals surface area contributed by atoms with Crippen molar-refractivity contribution in [2.45, 2.75) is 147 Å². The van der Waals surface area contributed by atoms with Crippen LogP contribution in [0.1, 0.15) is 112 Å². The average Bonchev–Trinajstić information content (AvgIpc) is 2.93. The van der Waals surface area contributed by atoms with Crippen LogP contribution >= 0.6 is 0 Å². The Morgan fingerprint density at radius 3 is 1.44 bits per heavy atom. The van der Waals surface area contributed by atoms with Crippen LogP contribution in [0.15, 0.2) is 0 Å². The van der Waals surface area contributed by atoms with Crippen molar-refractivity contribution in [3.05, 3.63) is 0 Å². The molecule has 2 rings (SSSR count). The molecule has 45 heavy (non-hydrogen) atoms. The molecule has 0 radical (unpaired) electrons. The van der Waals surface area contributed by atoms with E-state index in [-0.39, 0.29) is 30.6 Å². The van der Waals surface area contributed by atoms with E-state index < -0.39 is 66.1 Å². The Morgan fingerprint density at radius 2 is 1.11 bits per heavy atom.